The summed E-state index contributed by atoms with van der Waals surface area (Å²) in [5.74, 6) is 5.63. The molecule has 0 amide bonds. The Kier molecular flexibility index (Phi) is 1.44. The van der Waals surface area contributed by atoms with Crippen LogP contribution in [0.5, 0.6) is 0 Å². The SMILES string of the molecule is NN1CCC2(CC1)COC2. The highest BCUT2D eigenvalue weighted by Gasteiger charge is 2.40. The van der Waals surface area contributed by atoms with Gasteiger partial charge in [-0.25, -0.2) is 5.01 Å². The molecular weight excluding hydrogens is 128 g/mol. The van der Waals surface area contributed by atoms with Gasteiger partial charge in [0.15, 0.2) is 0 Å². The Balaban J connectivity index is 1.90. The zero-order valence-corrected chi connectivity index (χ0v) is 6.18. The first-order chi connectivity index (χ1) is 4.81. The fraction of sp³-hybridized carbons (Fsp3) is 1.00. The molecule has 2 rings (SSSR count). The molecular formula is C7H14N2O. The van der Waals surface area contributed by atoms with Gasteiger partial charge < -0.3 is 4.74 Å². The van der Waals surface area contributed by atoms with Gasteiger partial charge in [-0.3, -0.25) is 5.84 Å². The Hall–Kier alpha value is -0.120. The monoisotopic (exact) mass is 142 g/mol. The van der Waals surface area contributed by atoms with Crippen molar-refractivity contribution >= 4 is 0 Å². The van der Waals surface area contributed by atoms with Crippen molar-refractivity contribution in [2.75, 3.05) is 26.3 Å². The smallest absolute Gasteiger partial charge is 0.0545 e. The van der Waals surface area contributed by atoms with Crippen molar-refractivity contribution in [3.05, 3.63) is 0 Å². The first kappa shape index (κ1) is 6.58. The predicted octanol–water partition coefficient (Wildman–Crippen LogP) is -0.0275. The van der Waals surface area contributed by atoms with Crippen molar-refractivity contribution in [1.82, 2.24) is 5.01 Å². The number of nitrogens with zero attached hydrogens (tertiary/aromatic N) is 1. The maximum Gasteiger partial charge on any atom is 0.0545 e. The molecule has 3 heteroatoms. The molecule has 3 nitrogen and oxygen atoms in total. The highest BCUT2D eigenvalue weighted by molar-refractivity contribution is 4.89. The van der Waals surface area contributed by atoms with Gasteiger partial charge in [-0.15, -0.1) is 0 Å². The van der Waals surface area contributed by atoms with E-state index in [-0.39, 0.29) is 0 Å². The minimum absolute atomic E-state index is 0.538. The van der Waals surface area contributed by atoms with Gasteiger partial charge >= 0.3 is 0 Å². The fourth-order valence-corrected chi connectivity index (χ4v) is 1.68. The number of hydrogen-bond acceptors (Lipinski definition) is 3. The maximum atomic E-state index is 5.63. The highest BCUT2D eigenvalue weighted by Crippen LogP contribution is 2.37. The molecule has 2 saturated heterocycles. The Morgan fingerprint density at radius 3 is 2.20 bits per heavy atom. The topological polar surface area (TPSA) is 38.5 Å². The third-order valence-corrected chi connectivity index (χ3v) is 2.68. The van der Waals surface area contributed by atoms with E-state index in [1.54, 1.807) is 0 Å². The van der Waals surface area contributed by atoms with E-state index in [0.29, 0.717) is 5.41 Å². The standard InChI is InChI=1S/C7H14N2O/c8-9-3-1-7(2-4-9)5-10-6-7/h1-6,8H2. The van der Waals surface area contributed by atoms with E-state index in [9.17, 15) is 0 Å². The zero-order valence-electron chi connectivity index (χ0n) is 6.18. The van der Waals surface area contributed by atoms with Crippen LogP contribution in [0.3, 0.4) is 0 Å². The highest BCUT2D eigenvalue weighted by atomic mass is 16.5. The third kappa shape index (κ3) is 0.944. The summed E-state index contributed by atoms with van der Waals surface area (Å²) in [5.41, 5.74) is 0.538. The Bertz CT molecular complexity index is 124. The van der Waals surface area contributed by atoms with Crippen LogP contribution in [-0.4, -0.2) is 31.3 Å². The molecule has 2 N–H and O–H groups in total. The van der Waals surface area contributed by atoms with Crippen molar-refractivity contribution in [1.29, 1.82) is 0 Å². The summed E-state index contributed by atoms with van der Waals surface area (Å²) in [6.45, 7) is 4.04. The summed E-state index contributed by atoms with van der Waals surface area (Å²) >= 11 is 0. The van der Waals surface area contributed by atoms with Gasteiger partial charge in [-0.2, -0.15) is 0 Å². The lowest BCUT2D eigenvalue weighted by atomic mass is 9.77. The fourth-order valence-electron chi connectivity index (χ4n) is 1.68. The maximum absolute atomic E-state index is 5.63. The van der Waals surface area contributed by atoms with Gasteiger partial charge in [-0.05, 0) is 12.8 Å². The van der Waals surface area contributed by atoms with Crippen LogP contribution >= 0.6 is 0 Å². The summed E-state index contributed by atoms with van der Waals surface area (Å²) in [6, 6.07) is 0. The molecule has 2 aliphatic rings. The average Bonchev–Trinajstić information content (AvgIpc) is 1.86. The Morgan fingerprint density at radius 2 is 1.80 bits per heavy atom. The second-order valence-electron chi connectivity index (χ2n) is 3.53. The summed E-state index contributed by atoms with van der Waals surface area (Å²) in [4.78, 5) is 0. The van der Waals surface area contributed by atoms with Crippen LogP contribution in [0.25, 0.3) is 0 Å². The quantitative estimate of drug-likeness (QED) is 0.483. The number of rotatable bonds is 0. The molecule has 2 heterocycles. The van der Waals surface area contributed by atoms with Crippen LogP contribution in [0, 0.1) is 5.41 Å². The number of piperidine rings is 1. The summed E-state index contributed by atoms with van der Waals surface area (Å²) in [6.07, 6.45) is 2.45. The summed E-state index contributed by atoms with van der Waals surface area (Å²) < 4.78 is 5.19. The van der Waals surface area contributed by atoms with Crippen LogP contribution in [0.1, 0.15) is 12.8 Å². The Morgan fingerprint density at radius 1 is 1.20 bits per heavy atom. The van der Waals surface area contributed by atoms with Crippen LogP contribution in [-0.2, 0) is 4.74 Å². The van der Waals surface area contributed by atoms with E-state index >= 15 is 0 Å². The van der Waals surface area contributed by atoms with Gasteiger partial charge in [0.25, 0.3) is 0 Å². The largest absolute Gasteiger partial charge is 0.380 e. The van der Waals surface area contributed by atoms with Crippen molar-refractivity contribution in [2.24, 2.45) is 11.3 Å². The van der Waals surface area contributed by atoms with Gasteiger partial charge in [0.2, 0.25) is 0 Å². The minimum Gasteiger partial charge on any atom is -0.380 e. The minimum atomic E-state index is 0.538. The number of ether oxygens (including phenoxy) is 1. The molecule has 0 aromatic carbocycles. The second-order valence-corrected chi connectivity index (χ2v) is 3.53. The van der Waals surface area contributed by atoms with E-state index in [0.717, 1.165) is 26.3 Å². The van der Waals surface area contributed by atoms with Gasteiger partial charge in [0, 0.05) is 18.5 Å². The third-order valence-electron chi connectivity index (χ3n) is 2.68. The molecule has 58 valence electrons. The Labute approximate surface area is 61.1 Å². The van der Waals surface area contributed by atoms with Crippen molar-refractivity contribution in [2.45, 2.75) is 12.8 Å². The van der Waals surface area contributed by atoms with Gasteiger partial charge in [-0.1, -0.05) is 0 Å². The molecule has 10 heavy (non-hydrogen) atoms. The molecule has 2 aliphatic heterocycles. The molecule has 1 spiro atoms. The molecule has 0 aromatic rings. The van der Waals surface area contributed by atoms with E-state index < -0.39 is 0 Å². The lowest BCUT2D eigenvalue weighted by Gasteiger charge is -2.46. The molecule has 0 atom stereocenters. The molecule has 0 aromatic heterocycles. The predicted molar refractivity (Wildman–Crippen MR) is 38.2 cm³/mol. The lowest BCUT2D eigenvalue weighted by Crippen LogP contribution is -2.52. The van der Waals surface area contributed by atoms with Crippen molar-refractivity contribution in [3.8, 4) is 0 Å². The lowest BCUT2D eigenvalue weighted by molar-refractivity contribution is -0.139. The summed E-state index contributed by atoms with van der Waals surface area (Å²) in [7, 11) is 0. The van der Waals surface area contributed by atoms with Crippen LogP contribution in [0.2, 0.25) is 0 Å². The van der Waals surface area contributed by atoms with Crippen molar-refractivity contribution < 1.29 is 4.74 Å². The van der Waals surface area contributed by atoms with Crippen LogP contribution in [0.15, 0.2) is 0 Å². The van der Waals surface area contributed by atoms with E-state index in [4.69, 9.17) is 10.6 Å². The molecule has 0 saturated carbocycles. The first-order valence-corrected chi connectivity index (χ1v) is 3.88. The van der Waals surface area contributed by atoms with Crippen LogP contribution in [0.4, 0.5) is 0 Å². The first-order valence-electron chi connectivity index (χ1n) is 3.88. The van der Waals surface area contributed by atoms with E-state index in [1.165, 1.54) is 12.8 Å². The van der Waals surface area contributed by atoms with Crippen molar-refractivity contribution in [3.63, 3.8) is 0 Å². The number of hydrogen-bond donors (Lipinski definition) is 1. The number of nitrogens with two attached hydrogens (primary N) is 1. The summed E-state index contributed by atoms with van der Waals surface area (Å²) in [5, 5.41) is 1.91. The second kappa shape index (κ2) is 2.19. The zero-order chi connectivity index (χ0) is 7.03. The average molecular weight is 142 g/mol. The van der Waals surface area contributed by atoms with Crippen LogP contribution < -0.4 is 5.84 Å². The molecule has 0 radical (unpaired) electrons. The van der Waals surface area contributed by atoms with E-state index in [1.807, 2.05) is 5.01 Å². The molecule has 0 aliphatic carbocycles. The molecule has 0 unspecified atom stereocenters. The molecule has 2 fully saturated rings. The van der Waals surface area contributed by atoms with Gasteiger partial charge in [0.1, 0.15) is 0 Å². The normalized spacial score (nSPS) is 32.1. The van der Waals surface area contributed by atoms with Gasteiger partial charge in [0.05, 0.1) is 13.2 Å². The van der Waals surface area contributed by atoms with E-state index in [2.05, 4.69) is 0 Å². The number of hydrazine groups is 1. The molecule has 0 bridgehead atoms.